The number of nitrogens with zero attached hydrogens (tertiary/aromatic N) is 3. The smallest absolute Gasteiger partial charge is 0.136 e. The van der Waals surface area contributed by atoms with Crippen LogP contribution in [0.3, 0.4) is 0 Å². The minimum absolute atomic E-state index is 0.764. The molecule has 0 aliphatic rings. The third-order valence-electron chi connectivity index (χ3n) is 4.15. The molecule has 0 amide bonds. The summed E-state index contributed by atoms with van der Waals surface area (Å²) in [6.45, 7) is 7.88. The van der Waals surface area contributed by atoms with Crippen molar-refractivity contribution in [1.82, 2.24) is 9.97 Å². The Kier molecular flexibility index (Phi) is 5.29. The highest BCUT2D eigenvalue weighted by atomic mass is 15.2. The molecule has 0 fully saturated rings. The molecule has 1 heterocycles. The second-order valence-electron chi connectivity index (χ2n) is 6.10. The third kappa shape index (κ3) is 4.35. The van der Waals surface area contributed by atoms with Gasteiger partial charge < -0.3 is 10.2 Å². The first-order chi connectivity index (χ1) is 12.2. The molecule has 1 N–H and O–H groups in total. The maximum Gasteiger partial charge on any atom is 0.136 e. The van der Waals surface area contributed by atoms with Gasteiger partial charge in [0.25, 0.3) is 0 Å². The standard InChI is InChI=1S/C21H24N4/c1-4-25(15-18-11-6-5-7-12-18)21-14-20(22-17(3)23-21)24-19-13-9-8-10-16(19)2/h5-14H,4,15H2,1-3H3,(H,22,23,24). The van der Waals surface area contributed by atoms with Crippen molar-refractivity contribution in [1.29, 1.82) is 0 Å². The van der Waals surface area contributed by atoms with E-state index in [-0.39, 0.29) is 0 Å². The molecule has 0 saturated heterocycles. The topological polar surface area (TPSA) is 41.0 Å². The quantitative estimate of drug-likeness (QED) is 0.699. The van der Waals surface area contributed by atoms with Gasteiger partial charge in [-0.25, -0.2) is 9.97 Å². The Morgan fingerprint density at radius 2 is 1.64 bits per heavy atom. The molecule has 0 atom stereocenters. The van der Waals surface area contributed by atoms with E-state index < -0.39 is 0 Å². The van der Waals surface area contributed by atoms with E-state index in [1.54, 1.807) is 0 Å². The molecule has 25 heavy (non-hydrogen) atoms. The van der Waals surface area contributed by atoms with Crippen LogP contribution in [0.4, 0.5) is 17.3 Å². The second-order valence-corrected chi connectivity index (χ2v) is 6.10. The van der Waals surface area contributed by atoms with Crippen molar-refractivity contribution in [2.24, 2.45) is 0 Å². The molecule has 1 aromatic heterocycles. The maximum atomic E-state index is 4.64. The first-order valence-corrected chi connectivity index (χ1v) is 8.63. The third-order valence-corrected chi connectivity index (χ3v) is 4.15. The molecule has 0 aliphatic heterocycles. The summed E-state index contributed by atoms with van der Waals surface area (Å²) in [5.41, 5.74) is 3.53. The fourth-order valence-electron chi connectivity index (χ4n) is 2.79. The van der Waals surface area contributed by atoms with Crippen molar-refractivity contribution in [2.75, 3.05) is 16.8 Å². The van der Waals surface area contributed by atoms with Gasteiger partial charge in [0, 0.05) is 24.8 Å². The summed E-state index contributed by atoms with van der Waals surface area (Å²) in [4.78, 5) is 11.4. The summed E-state index contributed by atoms with van der Waals surface area (Å²) >= 11 is 0. The predicted molar refractivity (Wildman–Crippen MR) is 104 cm³/mol. The summed E-state index contributed by atoms with van der Waals surface area (Å²) in [6, 6.07) is 20.7. The lowest BCUT2D eigenvalue weighted by Gasteiger charge is -2.23. The molecule has 128 valence electrons. The van der Waals surface area contributed by atoms with E-state index in [0.29, 0.717) is 0 Å². The predicted octanol–water partition coefficient (Wildman–Crippen LogP) is 4.86. The molecule has 4 nitrogen and oxygen atoms in total. The van der Waals surface area contributed by atoms with Crippen LogP contribution in [0.1, 0.15) is 23.9 Å². The number of para-hydroxylation sites is 1. The van der Waals surface area contributed by atoms with Crippen molar-refractivity contribution >= 4 is 17.3 Å². The Labute approximate surface area is 149 Å². The Hall–Kier alpha value is -2.88. The van der Waals surface area contributed by atoms with E-state index in [1.807, 2.05) is 31.2 Å². The number of rotatable bonds is 6. The summed E-state index contributed by atoms with van der Waals surface area (Å²) in [6.07, 6.45) is 0. The first kappa shape index (κ1) is 17.0. The lowest BCUT2D eigenvalue weighted by atomic mass is 10.2. The van der Waals surface area contributed by atoms with E-state index in [1.165, 1.54) is 11.1 Å². The number of anilines is 3. The highest BCUT2D eigenvalue weighted by molar-refractivity contribution is 5.62. The van der Waals surface area contributed by atoms with E-state index >= 15 is 0 Å². The van der Waals surface area contributed by atoms with E-state index in [4.69, 9.17) is 0 Å². The van der Waals surface area contributed by atoms with Crippen LogP contribution in [-0.4, -0.2) is 16.5 Å². The van der Waals surface area contributed by atoms with Crippen LogP contribution in [0.2, 0.25) is 0 Å². The van der Waals surface area contributed by atoms with Crippen LogP contribution in [-0.2, 0) is 6.54 Å². The number of nitrogens with one attached hydrogen (secondary N) is 1. The monoisotopic (exact) mass is 332 g/mol. The van der Waals surface area contributed by atoms with Crippen LogP contribution >= 0.6 is 0 Å². The maximum absolute atomic E-state index is 4.64. The average molecular weight is 332 g/mol. The Bertz CT molecular complexity index is 830. The zero-order valence-electron chi connectivity index (χ0n) is 15.0. The summed E-state index contributed by atoms with van der Waals surface area (Å²) in [5.74, 6) is 2.53. The van der Waals surface area contributed by atoms with Gasteiger partial charge in [0.15, 0.2) is 0 Å². The zero-order valence-corrected chi connectivity index (χ0v) is 15.0. The Morgan fingerprint density at radius 1 is 0.920 bits per heavy atom. The molecule has 3 aromatic rings. The molecule has 0 aliphatic carbocycles. The highest BCUT2D eigenvalue weighted by Gasteiger charge is 2.10. The minimum Gasteiger partial charge on any atom is -0.352 e. The molecule has 2 aromatic carbocycles. The molecular weight excluding hydrogens is 308 g/mol. The van der Waals surface area contributed by atoms with E-state index in [9.17, 15) is 0 Å². The molecular formula is C21H24N4. The SMILES string of the molecule is CCN(Cc1ccccc1)c1cc(Nc2ccccc2C)nc(C)n1. The lowest BCUT2D eigenvalue weighted by molar-refractivity contribution is 0.805. The Balaban J connectivity index is 1.86. The largest absolute Gasteiger partial charge is 0.352 e. The van der Waals surface area contributed by atoms with Crippen molar-refractivity contribution in [3.63, 3.8) is 0 Å². The van der Waals surface area contributed by atoms with Crippen LogP contribution in [0.5, 0.6) is 0 Å². The molecule has 0 radical (unpaired) electrons. The van der Waals surface area contributed by atoms with Crippen molar-refractivity contribution in [2.45, 2.75) is 27.3 Å². The number of aryl methyl sites for hydroxylation is 2. The fraction of sp³-hybridized carbons (Fsp3) is 0.238. The van der Waals surface area contributed by atoms with Crippen LogP contribution in [0.25, 0.3) is 0 Å². The summed E-state index contributed by atoms with van der Waals surface area (Å²) in [7, 11) is 0. The van der Waals surface area contributed by atoms with Crippen molar-refractivity contribution in [3.05, 3.63) is 77.6 Å². The van der Waals surface area contributed by atoms with Gasteiger partial charge >= 0.3 is 0 Å². The number of hydrogen-bond acceptors (Lipinski definition) is 4. The number of aromatic nitrogens is 2. The van der Waals surface area contributed by atoms with Crippen molar-refractivity contribution < 1.29 is 0 Å². The fourth-order valence-corrected chi connectivity index (χ4v) is 2.79. The van der Waals surface area contributed by atoms with E-state index in [0.717, 1.165) is 36.2 Å². The zero-order chi connectivity index (χ0) is 17.6. The van der Waals surface area contributed by atoms with Gasteiger partial charge in [-0.15, -0.1) is 0 Å². The Morgan fingerprint density at radius 3 is 2.36 bits per heavy atom. The second kappa shape index (κ2) is 7.79. The van der Waals surface area contributed by atoms with Gasteiger partial charge in [-0.3, -0.25) is 0 Å². The normalized spacial score (nSPS) is 10.5. The molecule has 0 saturated carbocycles. The van der Waals surface area contributed by atoms with Crippen LogP contribution in [0.15, 0.2) is 60.7 Å². The van der Waals surface area contributed by atoms with Gasteiger partial charge in [0.05, 0.1) is 0 Å². The van der Waals surface area contributed by atoms with Gasteiger partial charge in [-0.05, 0) is 38.0 Å². The van der Waals surface area contributed by atoms with Crippen molar-refractivity contribution in [3.8, 4) is 0 Å². The molecule has 0 spiro atoms. The lowest BCUT2D eigenvalue weighted by Crippen LogP contribution is -2.23. The molecule has 0 unspecified atom stereocenters. The molecule has 0 bridgehead atoms. The van der Waals surface area contributed by atoms with Gasteiger partial charge in [-0.2, -0.15) is 0 Å². The summed E-state index contributed by atoms with van der Waals surface area (Å²) < 4.78 is 0. The van der Waals surface area contributed by atoms with Crippen LogP contribution < -0.4 is 10.2 Å². The van der Waals surface area contributed by atoms with Crippen LogP contribution in [0, 0.1) is 13.8 Å². The van der Waals surface area contributed by atoms with Gasteiger partial charge in [0.1, 0.15) is 17.5 Å². The number of hydrogen-bond donors (Lipinski definition) is 1. The first-order valence-electron chi connectivity index (χ1n) is 8.63. The molecule has 4 heteroatoms. The minimum atomic E-state index is 0.764. The average Bonchev–Trinajstić information content (AvgIpc) is 2.62. The van der Waals surface area contributed by atoms with Gasteiger partial charge in [-0.1, -0.05) is 48.5 Å². The molecule has 3 rings (SSSR count). The van der Waals surface area contributed by atoms with Gasteiger partial charge in [0.2, 0.25) is 0 Å². The van der Waals surface area contributed by atoms with E-state index in [2.05, 4.69) is 70.4 Å². The summed E-state index contributed by atoms with van der Waals surface area (Å²) in [5, 5.41) is 3.42. The highest BCUT2D eigenvalue weighted by Crippen LogP contribution is 2.23. The number of benzene rings is 2.